The van der Waals surface area contributed by atoms with Crippen LogP contribution in [0.4, 0.5) is 13.2 Å². The minimum Gasteiger partial charge on any atom is -0.422 e. The fraction of sp³-hybridized carbons (Fsp3) is 0.346. The van der Waals surface area contributed by atoms with Crippen LogP contribution < -0.4 is 5.63 Å². The monoisotopic (exact) mass is 483 g/mol. The summed E-state index contributed by atoms with van der Waals surface area (Å²) in [6.07, 6.45) is -1.10. The number of para-hydroxylation sites is 1. The molecule has 2 aliphatic rings. The smallest absolute Gasteiger partial charge is 0.416 e. The second kappa shape index (κ2) is 9.30. The van der Waals surface area contributed by atoms with Crippen molar-refractivity contribution in [3.63, 3.8) is 0 Å². The molecule has 1 saturated heterocycles. The normalized spacial score (nSPS) is 19.2. The number of alkyl halides is 3. The molecule has 35 heavy (non-hydrogen) atoms. The molecule has 1 atom stereocenters. The van der Waals surface area contributed by atoms with Crippen molar-refractivity contribution in [2.75, 3.05) is 19.6 Å². The molecule has 1 fully saturated rings. The summed E-state index contributed by atoms with van der Waals surface area (Å²) in [6.45, 7) is 1.80. The first-order chi connectivity index (χ1) is 16.8. The van der Waals surface area contributed by atoms with Crippen LogP contribution in [0.5, 0.6) is 0 Å². The molecule has 0 saturated carbocycles. The number of fused-ring (bicyclic) bond motifs is 1. The Bertz CT molecular complexity index is 1330. The highest BCUT2D eigenvalue weighted by Crippen LogP contribution is 2.35. The first-order valence-corrected chi connectivity index (χ1v) is 11.6. The van der Waals surface area contributed by atoms with E-state index in [0.29, 0.717) is 22.2 Å². The molecule has 9 heteroatoms. The summed E-state index contributed by atoms with van der Waals surface area (Å²) < 4.78 is 44.7. The molecule has 6 nitrogen and oxygen atoms in total. The van der Waals surface area contributed by atoms with Crippen molar-refractivity contribution in [1.82, 2.24) is 9.91 Å². The average molecular weight is 483 g/mol. The molecule has 0 bridgehead atoms. The lowest BCUT2D eigenvalue weighted by Crippen LogP contribution is -2.40. The number of piperidine rings is 1. The van der Waals surface area contributed by atoms with Crippen molar-refractivity contribution in [2.24, 2.45) is 5.10 Å². The second-order valence-corrected chi connectivity index (χ2v) is 8.95. The van der Waals surface area contributed by atoms with Crippen LogP contribution in [0.15, 0.2) is 68.9 Å². The Morgan fingerprint density at radius 1 is 1.03 bits per heavy atom. The number of hydrogen-bond donors (Lipinski definition) is 0. The van der Waals surface area contributed by atoms with Gasteiger partial charge in [0.25, 0.3) is 5.91 Å². The molecule has 3 heterocycles. The maximum atomic E-state index is 13.3. The van der Waals surface area contributed by atoms with E-state index >= 15 is 0 Å². The van der Waals surface area contributed by atoms with Crippen molar-refractivity contribution in [1.29, 1.82) is 0 Å². The molecular weight excluding hydrogens is 459 g/mol. The lowest BCUT2D eigenvalue weighted by molar-refractivity contribution is -0.138. The van der Waals surface area contributed by atoms with E-state index in [9.17, 15) is 22.8 Å². The summed E-state index contributed by atoms with van der Waals surface area (Å²) in [5.74, 6) is -0.253. The van der Waals surface area contributed by atoms with Gasteiger partial charge < -0.3 is 4.42 Å². The van der Waals surface area contributed by atoms with Crippen molar-refractivity contribution in [3.8, 4) is 0 Å². The Balaban J connectivity index is 1.49. The van der Waals surface area contributed by atoms with E-state index in [0.717, 1.165) is 44.5 Å². The Morgan fingerprint density at radius 3 is 2.46 bits per heavy atom. The second-order valence-electron chi connectivity index (χ2n) is 8.95. The van der Waals surface area contributed by atoms with Crippen LogP contribution in [0, 0.1) is 0 Å². The van der Waals surface area contributed by atoms with Crippen molar-refractivity contribution >= 4 is 22.6 Å². The summed E-state index contributed by atoms with van der Waals surface area (Å²) in [7, 11) is 0. The number of rotatable bonds is 4. The van der Waals surface area contributed by atoms with E-state index < -0.39 is 23.4 Å². The summed E-state index contributed by atoms with van der Waals surface area (Å²) in [6, 6.07) is 12.9. The first kappa shape index (κ1) is 23.3. The summed E-state index contributed by atoms with van der Waals surface area (Å²) >= 11 is 0. The van der Waals surface area contributed by atoms with Gasteiger partial charge in [-0.1, -0.05) is 36.8 Å². The highest BCUT2D eigenvalue weighted by molar-refractivity contribution is 6.04. The van der Waals surface area contributed by atoms with Crippen LogP contribution in [-0.2, 0) is 11.0 Å². The number of benzene rings is 2. The van der Waals surface area contributed by atoms with Gasteiger partial charge >= 0.3 is 11.8 Å². The maximum Gasteiger partial charge on any atom is 0.416 e. The molecule has 1 amide bonds. The molecule has 1 aromatic heterocycles. The van der Waals surface area contributed by atoms with Gasteiger partial charge in [0, 0.05) is 11.8 Å². The summed E-state index contributed by atoms with van der Waals surface area (Å²) in [4.78, 5) is 28.1. The van der Waals surface area contributed by atoms with E-state index in [1.807, 2.05) is 12.1 Å². The van der Waals surface area contributed by atoms with E-state index in [2.05, 4.69) is 10.0 Å². The number of amides is 1. The molecule has 0 aliphatic carbocycles. The zero-order valence-electron chi connectivity index (χ0n) is 18.9. The van der Waals surface area contributed by atoms with Gasteiger partial charge in [0.1, 0.15) is 5.58 Å². The zero-order chi connectivity index (χ0) is 24.6. The number of nitrogens with zero attached hydrogens (tertiary/aromatic N) is 3. The van der Waals surface area contributed by atoms with E-state index in [4.69, 9.17) is 4.42 Å². The Morgan fingerprint density at radius 2 is 1.74 bits per heavy atom. The van der Waals surface area contributed by atoms with Gasteiger partial charge in [0.15, 0.2) is 0 Å². The third kappa shape index (κ3) is 4.86. The highest BCUT2D eigenvalue weighted by atomic mass is 19.4. The number of halogens is 3. The van der Waals surface area contributed by atoms with E-state index in [1.54, 1.807) is 18.2 Å². The van der Waals surface area contributed by atoms with E-state index in [1.165, 1.54) is 17.1 Å². The van der Waals surface area contributed by atoms with Gasteiger partial charge in [0.2, 0.25) is 0 Å². The van der Waals surface area contributed by atoms with Crippen molar-refractivity contribution < 1.29 is 22.4 Å². The van der Waals surface area contributed by atoms with Crippen LogP contribution >= 0.6 is 0 Å². The van der Waals surface area contributed by atoms with Gasteiger partial charge in [-0.15, -0.1) is 0 Å². The van der Waals surface area contributed by atoms with Gasteiger partial charge in [-0.2, -0.15) is 18.3 Å². The SMILES string of the molecule is O=C(CN1CCCCC1)N1N=C(c2cc3ccccc3oc2=O)CC1c1ccc(C(F)(F)F)cc1. The highest BCUT2D eigenvalue weighted by Gasteiger charge is 2.36. The molecule has 2 aliphatic heterocycles. The Hall–Kier alpha value is -3.46. The van der Waals surface area contributed by atoms with Crippen LogP contribution in [0.25, 0.3) is 11.0 Å². The first-order valence-electron chi connectivity index (χ1n) is 11.6. The lowest BCUT2D eigenvalue weighted by Gasteiger charge is -2.29. The molecule has 0 N–H and O–H groups in total. The third-order valence-electron chi connectivity index (χ3n) is 6.55. The van der Waals surface area contributed by atoms with Gasteiger partial charge in [-0.3, -0.25) is 9.69 Å². The van der Waals surface area contributed by atoms with E-state index in [-0.39, 0.29) is 24.4 Å². The number of carbonyl (C=O) groups is 1. The largest absolute Gasteiger partial charge is 0.422 e. The quantitative estimate of drug-likeness (QED) is 0.491. The molecule has 5 rings (SSSR count). The number of hydrazone groups is 1. The van der Waals surface area contributed by atoms with Gasteiger partial charge in [0.05, 0.1) is 29.4 Å². The molecule has 1 unspecified atom stereocenters. The number of carbonyl (C=O) groups excluding carboxylic acids is 1. The standard InChI is InChI=1S/C26H24F3N3O3/c27-26(28,29)19-10-8-17(9-11-19)22-15-21(20-14-18-6-2-3-7-23(18)35-25(20)34)30-32(22)24(33)16-31-12-4-1-5-13-31/h2-3,6-11,14,22H,1,4-5,12-13,15-16H2. The lowest BCUT2D eigenvalue weighted by atomic mass is 9.97. The van der Waals surface area contributed by atoms with Gasteiger partial charge in [-0.05, 0) is 55.8 Å². The molecule has 3 aromatic rings. The van der Waals surface area contributed by atoms with Crippen LogP contribution in [-0.4, -0.2) is 41.2 Å². The Labute approximate surface area is 199 Å². The predicted molar refractivity (Wildman–Crippen MR) is 125 cm³/mol. The van der Waals surface area contributed by atoms with Gasteiger partial charge in [-0.25, -0.2) is 9.80 Å². The fourth-order valence-electron chi connectivity index (χ4n) is 4.70. The van der Waals surface area contributed by atoms with Crippen molar-refractivity contribution in [3.05, 3.63) is 81.7 Å². The zero-order valence-corrected chi connectivity index (χ0v) is 18.9. The summed E-state index contributed by atoms with van der Waals surface area (Å²) in [5, 5.41) is 6.55. The number of likely N-dealkylation sites (tertiary alicyclic amines) is 1. The van der Waals surface area contributed by atoms with Crippen LogP contribution in [0.3, 0.4) is 0 Å². The topological polar surface area (TPSA) is 66.1 Å². The molecule has 0 radical (unpaired) electrons. The van der Waals surface area contributed by atoms with Crippen molar-refractivity contribution in [2.45, 2.75) is 37.9 Å². The van der Waals surface area contributed by atoms with Crippen LogP contribution in [0.2, 0.25) is 0 Å². The fourth-order valence-corrected chi connectivity index (χ4v) is 4.70. The minimum absolute atomic E-state index is 0.167. The average Bonchev–Trinajstić information content (AvgIpc) is 3.29. The molecule has 2 aromatic carbocycles. The van der Waals surface area contributed by atoms with Crippen LogP contribution in [0.1, 0.15) is 48.4 Å². The molecule has 0 spiro atoms. The minimum atomic E-state index is -4.45. The Kier molecular flexibility index (Phi) is 6.19. The maximum absolute atomic E-state index is 13.3. The number of hydrogen-bond acceptors (Lipinski definition) is 5. The molecular formula is C26H24F3N3O3. The predicted octanol–water partition coefficient (Wildman–Crippen LogP) is 4.98. The molecule has 182 valence electrons. The summed E-state index contributed by atoms with van der Waals surface area (Å²) in [5.41, 5.74) is 0.252. The third-order valence-corrected chi connectivity index (χ3v) is 6.55.